The summed E-state index contributed by atoms with van der Waals surface area (Å²) in [6, 6.07) is 5.88. The highest BCUT2D eigenvalue weighted by atomic mass is 16.5. The van der Waals surface area contributed by atoms with Gasteiger partial charge in [-0.05, 0) is 44.7 Å². The quantitative estimate of drug-likeness (QED) is 0.896. The number of aromatic nitrogens is 2. The van der Waals surface area contributed by atoms with E-state index in [-0.39, 0.29) is 0 Å². The van der Waals surface area contributed by atoms with Crippen molar-refractivity contribution in [2.45, 2.75) is 20.4 Å². The second-order valence-electron chi connectivity index (χ2n) is 4.23. The second kappa shape index (κ2) is 5.60. The van der Waals surface area contributed by atoms with E-state index in [1.54, 1.807) is 6.20 Å². The Morgan fingerprint density at radius 1 is 1.17 bits per heavy atom. The van der Waals surface area contributed by atoms with Crippen LogP contribution in [0.25, 0.3) is 0 Å². The van der Waals surface area contributed by atoms with Crippen molar-refractivity contribution < 1.29 is 4.74 Å². The number of nitrogens with zero attached hydrogens (tertiary/aromatic N) is 2. The minimum atomic E-state index is 0.625. The minimum Gasteiger partial charge on any atom is -0.437 e. The Bertz CT molecular complexity index is 523. The van der Waals surface area contributed by atoms with Gasteiger partial charge < -0.3 is 10.1 Å². The van der Waals surface area contributed by atoms with Gasteiger partial charge in [-0.15, -0.1) is 0 Å². The van der Waals surface area contributed by atoms with Crippen LogP contribution in [-0.2, 0) is 6.54 Å². The third kappa shape index (κ3) is 3.05. The molecule has 94 valence electrons. The largest absolute Gasteiger partial charge is 0.437 e. The second-order valence-corrected chi connectivity index (χ2v) is 4.23. The Morgan fingerprint density at radius 3 is 2.61 bits per heavy atom. The molecule has 4 heteroatoms. The molecule has 0 saturated carbocycles. The Hall–Kier alpha value is -1.94. The summed E-state index contributed by atoms with van der Waals surface area (Å²) >= 11 is 0. The zero-order chi connectivity index (χ0) is 13.0. The fraction of sp³-hybridized carbons (Fsp3) is 0.286. The summed E-state index contributed by atoms with van der Waals surface area (Å²) < 4.78 is 5.70. The lowest BCUT2D eigenvalue weighted by Crippen LogP contribution is -2.06. The number of hydrogen-bond donors (Lipinski definition) is 1. The number of ether oxygens (including phenoxy) is 1. The van der Waals surface area contributed by atoms with E-state index in [9.17, 15) is 0 Å². The topological polar surface area (TPSA) is 47.0 Å². The molecule has 0 amide bonds. The smallest absolute Gasteiger partial charge is 0.222 e. The number of pyridine rings is 2. The van der Waals surface area contributed by atoms with E-state index in [0.29, 0.717) is 11.6 Å². The van der Waals surface area contributed by atoms with Crippen molar-refractivity contribution in [2.75, 3.05) is 7.05 Å². The Kier molecular flexibility index (Phi) is 3.89. The average molecular weight is 243 g/mol. The zero-order valence-electron chi connectivity index (χ0n) is 10.9. The van der Waals surface area contributed by atoms with E-state index in [2.05, 4.69) is 21.4 Å². The summed E-state index contributed by atoms with van der Waals surface area (Å²) in [5.41, 5.74) is 3.13. The van der Waals surface area contributed by atoms with Gasteiger partial charge in [-0.25, -0.2) is 4.98 Å². The number of nitrogens with one attached hydrogen (secondary N) is 1. The van der Waals surface area contributed by atoms with Gasteiger partial charge >= 0.3 is 0 Å². The number of hydrogen-bond acceptors (Lipinski definition) is 4. The monoisotopic (exact) mass is 243 g/mol. The Balaban J connectivity index is 2.16. The van der Waals surface area contributed by atoms with Crippen molar-refractivity contribution >= 4 is 0 Å². The summed E-state index contributed by atoms with van der Waals surface area (Å²) in [5.74, 6) is 1.33. The van der Waals surface area contributed by atoms with Crippen LogP contribution >= 0.6 is 0 Å². The van der Waals surface area contributed by atoms with Crippen LogP contribution in [0.4, 0.5) is 0 Å². The van der Waals surface area contributed by atoms with Crippen molar-refractivity contribution in [3.63, 3.8) is 0 Å². The molecule has 4 nitrogen and oxygen atoms in total. The summed E-state index contributed by atoms with van der Waals surface area (Å²) in [5, 5.41) is 3.10. The number of aryl methyl sites for hydroxylation is 2. The van der Waals surface area contributed by atoms with Crippen LogP contribution in [0.3, 0.4) is 0 Å². The van der Waals surface area contributed by atoms with Gasteiger partial charge in [0.15, 0.2) is 0 Å². The molecule has 18 heavy (non-hydrogen) atoms. The summed E-state index contributed by atoms with van der Waals surface area (Å²) in [6.07, 6.45) is 3.53. The van der Waals surface area contributed by atoms with Crippen LogP contribution in [0, 0.1) is 13.8 Å². The molecule has 2 rings (SSSR count). The third-order valence-corrected chi connectivity index (χ3v) is 2.57. The fourth-order valence-corrected chi connectivity index (χ4v) is 1.65. The molecule has 0 aliphatic heterocycles. The van der Waals surface area contributed by atoms with Gasteiger partial charge in [0.1, 0.15) is 5.75 Å². The van der Waals surface area contributed by atoms with Gasteiger partial charge in [0.05, 0.1) is 6.20 Å². The van der Waals surface area contributed by atoms with E-state index in [4.69, 9.17) is 4.74 Å². The van der Waals surface area contributed by atoms with Gasteiger partial charge in [0.2, 0.25) is 5.88 Å². The highest BCUT2D eigenvalue weighted by molar-refractivity contribution is 5.32. The normalized spacial score (nSPS) is 10.4. The lowest BCUT2D eigenvalue weighted by atomic mass is 10.2. The minimum absolute atomic E-state index is 0.625. The molecule has 2 aromatic heterocycles. The van der Waals surface area contributed by atoms with Gasteiger partial charge in [-0.1, -0.05) is 0 Å². The summed E-state index contributed by atoms with van der Waals surface area (Å²) in [4.78, 5) is 8.51. The molecule has 0 unspecified atom stereocenters. The Morgan fingerprint density at radius 2 is 2.00 bits per heavy atom. The van der Waals surface area contributed by atoms with E-state index < -0.39 is 0 Å². The van der Waals surface area contributed by atoms with Crippen LogP contribution < -0.4 is 10.1 Å². The predicted molar refractivity (Wildman–Crippen MR) is 70.8 cm³/mol. The lowest BCUT2D eigenvalue weighted by molar-refractivity contribution is 0.456. The first-order valence-corrected chi connectivity index (χ1v) is 5.89. The van der Waals surface area contributed by atoms with Crippen LogP contribution in [0.2, 0.25) is 0 Å². The molecule has 0 saturated heterocycles. The molecule has 0 aliphatic carbocycles. The molecular formula is C14H17N3O. The van der Waals surface area contributed by atoms with Gasteiger partial charge in [-0.2, -0.15) is 0 Å². The molecule has 0 atom stereocenters. The highest BCUT2D eigenvalue weighted by Crippen LogP contribution is 2.22. The first kappa shape index (κ1) is 12.5. The van der Waals surface area contributed by atoms with Gasteiger partial charge in [-0.3, -0.25) is 4.98 Å². The number of rotatable bonds is 4. The van der Waals surface area contributed by atoms with Crippen LogP contribution in [-0.4, -0.2) is 17.0 Å². The molecule has 0 fully saturated rings. The van der Waals surface area contributed by atoms with E-state index in [1.807, 2.05) is 39.2 Å². The van der Waals surface area contributed by atoms with Gasteiger partial charge in [0, 0.05) is 24.0 Å². The molecule has 0 spiro atoms. The van der Waals surface area contributed by atoms with Crippen LogP contribution in [0.1, 0.15) is 16.8 Å². The van der Waals surface area contributed by atoms with Crippen molar-refractivity contribution in [3.8, 4) is 11.6 Å². The SMILES string of the molecule is CNCc1cnc(Oc2ccc(C)nc2)c(C)c1. The molecule has 1 N–H and O–H groups in total. The fourth-order valence-electron chi connectivity index (χ4n) is 1.65. The van der Waals surface area contributed by atoms with E-state index >= 15 is 0 Å². The van der Waals surface area contributed by atoms with Crippen molar-refractivity contribution in [1.29, 1.82) is 0 Å². The van der Waals surface area contributed by atoms with E-state index in [1.165, 1.54) is 0 Å². The highest BCUT2D eigenvalue weighted by Gasteiger charge is 2.04. The molecule has 0 radical (unpaired) electrons. The predicted octanol–water partition coefficient (Wildman–Crippen LogP) is 2.61. The lowest BCUT2D eigenvalue weighted by Gasteiger charge is -2.09. The molecule has 0 aromatic carbocycles. The van der Waals surface area contributed by atoms with Crippen molar-refractivity contribution in [2.24, 2.45) is 0 Å². The molecule has 2 heterocycles. The first-order valence-electron chi connectivity index (χ1n) is 5.89. The van der Waals surface area contributed by atoms with Crippen LogP contribution in [0.5, 0.6) is 11.6 Å². The maximum atomic E-state index is 5.70. The molecule has 0 aliphatic rings. The maximum absolute atomic E-state index is 5.70. The summed E-state index contributed by atoms with van der Waals surface area (Å²) in [7, 11) is 1.91. The zero-order valence-corrected chi connectivity index (χ0v) is 10.9. The first-order chi connectivity index (χ1) is 8.69. The Labute approximate surface area is 107 Å². The third-order valence-electron chi connectivity index (χ3n) is 2.57. The van der Waals surface area contributed by atoms with Crippen LogP contribution in [0.15, 0.2) is 30.6 Å². The van der Waals surface area contributed by atoms with Gasteiger partial charge in [0.25, 0.3) is 0 Å². The van der Waals surface area contributed by atoms with E-state index in [0.717, 1.165) is 23.4 Å². The van der Waals surface area contributed by atoms with Crippen molar-refractivity contribution in [3.05, 3.63) is 47.4 Å². The molecular weight excluding hydrogens is 226 g/mol. The molecule has 2 aromatic rings. The maximum Gasteiger partial charge on any atom is 0.222 e. The standard InChI is InChI=1S/C14H17N3O/c1-10-6-12(7-15-3)8-17-14(10)18-13-5-4-11(2)16-9-13/h4-6,8-9,15H,7H2,1-3H3. The summed E-state index contributed by atoms with van der Waals surface area (Å²) in [6.45, 7) is 4.74. The average Bonchev–Trinajstić information content (AvgIpc) is 2.36. The van der Waals surface area contributed by atoms with Crippen molar-refractivity contribution in [1.82, 2.24) is 15.3 Å². The molecule has 0 bridgehead atoms.